The standard InChI is InChI=1S/C21H30N2O4/c1-2-3-12-23-18-9-8-16(19(24)22-10-5-4-6-11-22)15-17(18)21(20(23)25)26-13-7-14-27-21/h8-9,15,17-18H,2-7,10-14H2,1H3. The number of unbranched alkanes of at least 4 members (excludes halogenated alkanes) is 1. The van der Waals surface area contributed by atoms with E-state index in [1.165, 1.54) is 6.42 Å². The number of hydrogen-bond acceptors (Lipinski definition) is 4. The molecule has 2 amide bonds. The Kier molecular flexibility index (Phi) is 5.37. The highest BCUT2D eigenvalue weighted by molar-refractivity contribution is 5.97. The molecule has 0 saturated carbocycles. The van der Waals surface area contributed by atoms with Crippen LogP contribution in [0.25, 0.3) is 0 Å². The van der Waals surface area contributed by atoms with Gasteiger partial charge in [0, 0.05) is 25.2 Å². The molecule has 0 bridgehead atoms. The number of amides is 2. The fourth-order valence-corrected chi connectivity index (χ4v) is 4.65. The van der Waals surface area contributed by atoms with Crippen LogP contribution in [0.5, 0.6) is 0 Å². The molecule has 6 heteroatoms. The van der Waals surface area contributed by atoms with Crippen molar-refractivity contribution in [3.8, 4) is 0 Å². The second-order valence-electron chi connectivity index (χ2n) is 7.92. The SMILES string of the molecule is CCCCN1C(=O)C2(OCCCO2)C2C=C(C(=O)N3CCCCC3)C=CC21. The molecular weight excluding hydrogens is 344 g/mol. The molecule has 2 unspecified atom stereocenters. The van der Waals surface area contributed by atoms with Gasteiger partial charge in [-0.3, -0.25) is 9.59 Å². The second kappa shape index (κ2) is 7.76. The van der Waals surface area contributed by atoms with Crippen molar-refractivity contribution < 1.29 is 19.1 Å². The summed E-state index contributed by atoms with van der Waals surface area (Å²) in [5.41, 5.74) is 0.667. The number of carbonyl (C=O) groups is 2. The lowest BCUT2D eigenvalue weighted by Crippen LogP contribution is -2.51. The van der Waals surface area contributed by atoms with Crippen molar-refractivity contribution in [3.63, 3.8) is 0 Å². The van der Waals surface area contributed by atoms with Gasteiger partial charge >= 0.3 is 0 Å². The fraction of sp³-hybridized carbons (Fsp3) is 0.714. The van der Waals surface area contributed by atoms with Crippen LogP contribution in [0.3, 0.4) is 0 Å². The minimum absolute atomic E-state index is 0.0646. The molecule has 0 aromatic carbocycles. The Bertz CT molecular complexity index is 645. The van der Waals surface area contributed by atoms with Gasteiger partial charge in [0.1, 0.15) is 0 Å². The maximum absolute atomic E-state index is 13.3. The van der Waals surface area contributed by atoms with E-state index in [2.05, 4.69) is 6.92 Å². The summed E-state index contributed by atoms with van der Waals surface area (Å²) in [5.74, 6) is -1.54. The van der Waals surface area contributed by atoms with Crippen LogP contribution in [0, 0.1) is 5.92 Å². The van der Waals surface area contributed by atoms with Crippen molar-refractivity contribution in [3.05, 3.63) is 23.8 Å². The molecule has 4 rings (SSSR count). The van der Waals surface area contributed by atoms with E-state index in [9.17, 15) is 9.59 Å². The first-order chi connectivity index (χ1) is 13.2. The van der Waals surface area contributed by atoms with Crippen LogP contribution in [0.4, 0.5) is 0 Å². The molecule has 148 valence electrons. The van der Waals surface area contributed by atoms with Crippen molar-refractivity contribution in [1.82, 2.24) is 9.80 Å². The summed E-state index contributed by atoms with van der Waals surface area (Å²) in [4.78, 5) is 30.0. The summed E-state index contributed by atoms with van der Waals surface area (Å²) in [6.07, 6.45) is 11.9. The zero-order chi connectivity index (χ0) is 18.9. The average Bonchev–Trinajstić information content (AvgIpc) is 2.94. The number of likely N-dealkylation sites (tertiary alicyclic amines) is 2. The van der Waals surface area contributed by atoms with Crippen molar-refractivity contribution >= 4 is 11.8 Å². The van der Waals surface area contributed by atoms with Crippen LogP contribution in [0.1, 0.15) is 45.4 Å². The molecule has 1 aliphatic carbocycles. The third kappa shape index (κ3) is 3.23. The summed E-state index contributed by atoms with van der Waals surface area (Å²) in [5, 5.41) is 0. The van der Waals surface area contributed by atoms with Crippen molar-refractivity contribution in [1.29, 1.82) is 0 Å². The Hall–Kier alpha value is -1.66. The third-order valence-electron chi connectivity index (χ3n) is 6.12. The van der Waals surface area contributed by atoms with Gasteiger partial charge in [0.15, 0.2) is 0 Å². The molecule has 6 nitrogen and oxygen atoms in total. The molecule has 3 heterocycles. The van der Waals surface area contributed by atoms with E-state index in [4.69, 9.17) is 9.47 Å². The zero-order valence-corrected chi connectivity index (χ0v) is 16.2. The van der Waals surface area contributed by atoms with Crippen LogP contribution in [0.2, 0.25) is 0 Å². The van der Waals surface area contributed by atoms with E-state index in [0.717, 1.165) is 45.2 Å². The molecule has 0 aromatic rings. The molecule has 3 fully saturated rings. The van der Waals surface area contributed by atoms with Gasteiger partial charge in [0.2, 0.25) is 0 Å². The lowest BCUT2D eigenvalue weighted by atomic mass is 9.87. The lowest BCUT2D eigenvalue weighted by Gasteiger charge is -2.36. The molecule has 3 saturated heterocycles. The highest BCUT2D eigenvalue weighted by Crippen LogP contribution is 2.44. The Morgan fingerprint density at radius 1 is 1.19 bits per heavy atom. The van der Waals surface area contributed by atoms with Gasteiger partial charge in [-0.1, -0.05) is 31.6 Å². The Morgan fingerprint density at radius 3 is 2.63 bits per heavy atom. The number of piperidine rings is 1. The van der Waals surface area contributed by atoms with Crippen LogP contribution < -0.4 is 0 Å². The molecule has 4 aliphatic rings. The molecule has 0 aromatic heterocycles. The topological polar surface area (TPSA) is 59.1 Å². The number of hydrogen-bond donors (Lipinski definition) is 0. The second-order valence-corrected chi connectivity index (χ2v) is 7.92. The van der Waals surface area contributed by atoms with Gasteiger partial charge < -0.3 is 19.3 Å². The maximum atomic E-state index is 13.3. The molecule has 1 spiro atoms. The third-order valence-corrected chi connectivity index (χ3v) is 6.12. The summed E-state index contributed by atoms with van der Waals surface area (Å²) >= 11 is 0. The van der Waals surface area contributed by atoms with E-state index in [1.54, 1.807) is 0 Å². The average molecular weight is 374 g/mol. The first-order valence-corrected chi connectivity index (χ1v) is 10.5. The van der Waals surface area contributed by atoms with Crippen LogP contribution in [0.15, 0.2) is 23.8 Å². The molecular formula is C21H30N2O4. The summed E-state index contributed by atoms with van der Waals surface area (Å²) < 4.78 is 12.0. The highest BCUT2D eigenvalue weighted by atomic mass is 16.7. The van der Waals surface area contributed by atoms with E-state index >= 15 is 0 Å². The van der Waals surface area contributed by atoms with Crippen molar-refractivity contribution in [2.45, 2.75) is 57.3 Å². The quantitative estimate of drug-likeness (QED) is 0.757. The highest BCUT2D eigenvalue weighted by Gasteiger charge is 2.61. The Labute approximate surface area is 161 Å². The van der Waals surface area contributed by atoms with Gasteiger partial charge in [-0.05, 0) is 32.1 Å². The van der Waals surface area contributed by atoms with E-state index in [-0.39, 0.29) is 23.8 Å². The van der Waals surface area contributed by atoms with Crippen LogP contribution in [-0.4, -0.2) is 66.3 Å². The minimum Gasteiger partial charge on any atom is -0.342 e. The lowest BCUT2D eigenvalue weighted by molar-refractivity contribution is -0.262. The van der Waals surface area contributed by atoms with Crippen LogP contribution >= 0.6 is 0 Å². The largest absolute Gasteiger partial charge is 0.342 e. The van der Waals surface area contributed by atoms with Gasteiger partial charge in [-0.15, -0.1) is 0 Å². The molecule has 2 atom stereocenters. The van der Waals surface area contributed by atoms with Crippen LogP contribution in [-0.2, 0) is 19.1 Å². The number of ether oxygens (including phenoxy) is 2. The van der Waals surface area contributed by atoms with Crippen molar-refractivity contribution in [2.24, 2.45) is 5.92 Å². The van der Waals surface area contributed by atoms with Gasteiger partial charge in [-0.25, -0.2) is 0 Å². The Balaban J connectivity index is 1.62. The van der Waals surface area contributed by atoms with Crippen molar-refractivity contribution in [2.75, 3.05) is 32.8 Å². The number of carbonyl (C=O) groups excluding carboxylic acids is 2. The number of fused-ring (bicyclic) bond motifs is 2. The summed E-state index contributed by atoms with van der Waals surface area (Å²) in [6, 6.07) is -0.0972. The number of rotatable bonds is 4. The fourth-order valence-electron chi connectivity index (χ4n) is 4.65. The smallest absolute Gasteiger partial charge is 0.284 e. The van der Waals surface area contributed by atoms with E-state index in [0.29, 0.717) is 25.3 Å². The maximum Gasteiger partial charge on any atom is 0.284 e. The Morgan fingerprint density at radius 2 is 1.93 bits per heavy atom. The van der Waals surface area contributed by atoms with Gasteiger partial charge in [-0.2, -0.15) is 0 Å². The normalized spacial score (nSPS) is 29.8. The molecule has 0 radical (unpaired) electrons. The first-order valence-electron chi connectivity index (χ1n) is 10.5. The predicted molar refractivity (Wildman–Crippen MR) is 101 cm³/mol. The molecule has 27 heavy (non-hydrogen) atoms. The van der Waals surface area contributed by atoms with E-state index < -0.39 is 5.79 Å². The minimum atomic E-state index is -1.26. The summed E-state index contributed by atoms with van der Waals surface area (Å²) in [7, 11) is 0. The monoisotopic (exact) mass is 374 g/mol. The predicted octanol–water partition coefficient (Wildman–Crippen LogP) is 2.26. The molecule has 0 N–H and O–H groups in total. The van der Waals surface area contributed by atoms with Gasteiger partial charge in [0.05, 0.1) is 25.2 Å². The zero-order valence-electron chi connectivity index (χ0n) is 16.2. The van der Waals surface area contributed by atoms with Gasteiger partial charge in [0.25, 0.3) is 17.6 Å². The number of nitrogens with zero attached hydrogens (tertiary/aromatic N) is 2. The van der Waals surface area contributed by atoms with E-state index in [1.807, 2.05) is 28.0 Å². The first kappa shape index (κ1) is 18.7. The summed E-state index contributed by atoms with van der Waals surface area (Å²) in [6.45, 7) is 5.48. The molecule has 3 aliphatic heterocycles.